The number of methoxy groups -OCH3 is 1. The zero-order valence-electron chi connectivity index (χ0n) is 34.5. The molecule has 15 nitrogen and oxygen atoms in total. The summed E-state index contributed by atoms with van der Waals surface area (Å²) in [5, 5.41) is 25.9. The van der Waals surface area contributed by atoms with Gasteiger partial charge in [0.2, 0.25) is 21.8 Å². The van der Waals surface area contributed by atoms with Crippen LogP contribution in [0.1, 0.15) is 109 Å². The van der Waals surface area contributed by atoms with Crippen molar-refractivity contribution in [1.29, 1.82) is 0 Å². The third-order valence-electron chi connectivity index (χ3n) is 14.2. The van der Waals surface area contributed by atoms with Crippen LogP contribution in [0.3, 0.4) is 0 Å². The molecule has 1 aromatic carbocycles. The Kier molecular flexibility index (Phi) is 10.4. The van der Waals surface area contributed by atoms with Gasteiger partial charge in [-0.25, -0.2) is 18.2 Å². The van der Waals surface area contributed by atoms with Crippen molar-refractivity contribution in [3.63, 3.8) is 0 Å². The van der Waals surface area contributed by atoms with Gasteiger partial charge in [0.25, 0.3) is 5.91 Å². The highest BCUT2D eigenvalue weighted by molar-refractivity contribution is 7.91. The average Bonchev–Trinajstić information content (AvgIpc) is 4.06. The number of ether oxygens (including phenoxy) is 2. The molecular weight excluding hydrogens is 824 g/mol. The van der Waals surface area contributed by atoms with Crippen molar-refractivity contribution in [2.75, 3.05) is 13.7 Å². The number of carbonyl (C=O) groups excluding carboxylic acids is 3. The number of amides is 4. The molecule has 0 bridgehead atoms. The van der Waals surface area contributed by atoms with E-state index in [0.717, 1.165) is 16.2 Å². The van der Waals surface area contributed by atoms with Gasteiger partial charge in [-0.15, -0.1) is 0 Å². The van der Waals surface area contributed by atoms with Gasteiger partial charge in [0, 0.05) is 35.2 Å². The molecule has 7 atom stereocenters. The van der Waals surface area contributed by atoms with E-state index >= 15 is 22.8 Å². The van der Waals surface area contributed by atoms with Crippen molar-refractivity contribution in [2.45, 2.75) is 144 Å². The molecule has 4 N–H and O–H groups in total. The fourth-order valence-corrected chi connectivity index (χ4v) is 11.3. The Balaban J connectivity index is 1.25. The summed E-state index contributed by atoms with van der Waals surface area (Å²) in [6.45, 7) is 3.80. The minimum absolute atomic E-state index is 0.0281. The lowest BCUT2D eigenvalue weighted by Crippen LogP contribution is -2.61. The third kappa shape index (κ3) is 7.26. The molecule has 1 saturated heterocycles. The maximum Gasteiger partial charge on any atom is 0.437 e. The number of carbonyl (C=O) groups is 4. The number of aromatic nitrogens is 1. The fraction of sp³-hybridized carbons (Fsp3) is 0.643. The van der Waals surface area contributed by atoms with Crippen LogP contribution in [-0.2, 0) is 36.2 Å². The molecule has 8 rings (SSSR count). The van der Waals surface area contributed by atoms with Crippen molar-refractivity contribution in [3.05, 3.63) is 41.6 Å². The molecule has 3 aliphatic carbocycles. The van der Waals surface area contributed by atoms with Gasteiger partial charge in [-0.05, 0) is 89.8 Å². The third-order valence-corrected chi connectivity index (χ3v) is 16.3. The molecule has 61 heavy (non-hydrogen) atoms. The minimum atomic E-state index is -5.09. The number of carboxylic acid groups (broad SMARTS) is 1. The van der Waals surface area contributed by atoms with Crippen molar-refractivity contribution in [3.8, 4) is 11.5 Å². The molecule has 1 spiro atoms. The zero-order valence-corrected chi connectivity index (χ0v) is 35.3. The topological polar surface area (TPSA) is 205 Å². The Morgan fingerprint density at radius 3 is 2.44 bits per heavy atom. The minimum Gasteiger partial charge on any atom is -0.497 e. The summed E-state index contributed by atoms with van der Waals surface area (Å²) in [4.78, 5) is 63.5. The predicted molar refractivity (Wildman–Crippen MR) is 213 cm³/mol. The van der Waals surface area contributed by atoms with Crippen LogP contribution < -0.4 is 19.5 Å². The van der Waals surface area contributed by atoms with Crippen LogP contribution in [0.15, 0.2) is 30.4 Å². The Bertz CT molecular complexity index is 2310. The number of fused-ring (bicyclic) bond motifs is 5. The van der Waals surface area contributed by atoms with E-state index in [1.165, 1.54) is 46.1 Å². The molecular formula is C42H52F3N5O10S. The van der Waals surface area contributed by atoms with E-state index in [9.17, 15) is 28.2 Å². The van der Waals surface area contributed by atoms with Gasteiger partial charge < -0.3 is 29.9 Å². The summed E-state index contributed by atoms with van der Waals surface area (Å²) < 4.78 is 84.6. The van der Waals surface area contributed by atoms with Crippen LogP contribution in [0.25, 0.3) is 10.9 Å². The monoisotopic (exact) mass is 875 g/mol. The second-order valence-electron chi connectivity index (χ2n) is 18.4. The van der Waals surface area contributed by atoms with Gasteiger partial charge >= 0.3 is 12.3 Å². The number of halogens is 3. The molecule has 1 aromatic heterocycles. The van der Waals surface area contributed by atoms with Gasteiger partial charge in [0.05, 0.1) is 29.5 Å². The highest BCUT2D eigenvalue weighted by atomic mass is 32.2. The lowest BCUT2D eigenvalue weighted by atomic mass is 9.73. The first-order valence-electron chi connectivity index (χ1n) is 21.0. The number of rotatable bonds is 6. The van der Waals surface area contributed by atoms with E-state index in [2.05, 4.69) is 15.0 Å². The highest BCUT2D eigenvalue weighted by Crippen LogP contribution is 2.56. The predicted octanol–water partition coefficient (Wildman–Crippen LogP) is 5.13. The Morgan fingerprint density at radius 2 is 1.82 bits per heavy atom. The Morgan fingerprint density at radius 1 is 1.10 bits per heavy atom. The SMILES string of the molecule is COc1ccc2nc(C(F)(F)F)c3c(c2c1)[C@](C)(O)C[C@]1(CN2C(=O)[C@@H](N(C(=O)O)C4CCC4)CCCCC/C=C\[C@@H]4C[C@@]4(C(=O)NS(=O)(=O)C4(C)CC4)NC(=O)[C@@H]2C1C)O3. The maximum atomic E-state index is 15.2. The molecule has 2 aromatic rings. The van der Waals surface area contributed by atoms with Crippen LogP contribution in [0, 0.1) is 11.8 Å². The lowest BCUT2D eigenvalue weighted by molar-refractivity contribution is -0.148. The quantitative estimate of drug-likeness (QED) is 0.280. The van der Waals surface area contributed by atoms with E-state index < -0.39 is 116 Å². The summed E-state index contributed by atoms with van der Waals surface area (Å²) in [6, 6.07) is 0.876. The lowest BCUT2D eigenvalue weighted by Gasteiger charge is -2.46. The standard InChI is InChI=1S/C42H52F3N5O10S/c1-23-31-34(51)47-41(36(53)48-61(57,58)38(2)17-18-38)20-24(41)11-8-6-5-7-9-14-29(50(37(54)55)25-12-10-13-25)35(52)49(31)22-40(23)21-39(3,56)30-27-19-26(59-4)15-16-28(27)46-33(32(30)60-40)42(43,44)45/h8,11,15-16,19,23-25,29,31,56H,5-7,9-10,12-14,17-18,20-22H2,1-4H3,(H,47,51)(H,48,53)(H,54,55)/b11-8-/t23?,24-,29+,31+,39-,40-,41-/m1/s1. The number of hydrogen-bond acceptors (Lipinski definition) is 10. The summed E-state index contributed by atoms with van der Waals surface area (Å²) >= 11 is 0. The number of allylic oxidation sites excluding steroid dienone is 1. The first-order valence-corrected chi connectivity index (χ1v) is 22.4. The fourth-order valence-electron chi connectivity index (χ4n) is 9.98. The number of alkyl halides is 3. The van der Waals surface area contributed by atoms with Crippen molar-refractivity contribution < 1.29 is 60.5 Å². The van der Waals surface area contributed by atoms with Crippen LogP contribution in [-0.4, -0.2) is 105 Å². The van der Waals surface area contributed by atoms with E-state index in [1.807, 2.05) is 6.08 Å². The van der Waals surface area contributed by atoms with E-state index in [-0.39, 0.29) is 35.1 Å². The summed E-state index contributed by atoms with van der Waals surface area (Å²) in [5.74, 6) is -4.97. The molecule has 1 unspecified atom stereocenters. The van der Waals surface area contributed by atoms with Gasteiger partial charge in [0.15, 0.2) is 11.4 Å². The van der Waals surface area contributed by atoms with E-state index in [0.29, 0.717) is 51.4 Å². The average molecular weight is 876 g/mol. The maximum absolute atomic E-state index is 15.2. The number of sulfonamides is 1. The molecule has 4 fully saturated rings. The second-order valence-corrected chi connectivity index (χ2v) is 20.6. The molecule has 332 valence electrons. The molecule has 4 amide bonds. The number of hydrogen-bond donors (Lipinski definition) is 4. The van der Waals surface area contributed by atoms with Crippen LogP contribution in [0.4, 0.5) is 18.0 Å². The van der Waals surface area contributed by atoms with Crippen molar-refractivity contribution >= 4 is 44.7 Å². The number of nitrogens with one attached hydrogen (secondary N) is 2. The summed E-state index contributed by atoms with van der Waals surface area (Å²) in [6.07, 6.45) is 1.63. The van der Waals surface area contributed by atoms with Gasteiger partial charge in [0.1, 0.15) is 29.0 Å². The first-order chi connectivity index (χ1) is 28.6. The molecule has 19 heteroatoms. The number of benzene rings is 1. The molecule has 3 saturated carbocycles. The van der Waals surface area contributed by atoms with E-state index in [4.69, 9.17) is 9.47 Å². The molecule has 3 aliphatic heterocycles. The Labute approximate surface area is 351 Å². The second kappa shape index (κ2) is 14.7. The number of nitrogens with zero attached hydrogens (tertiary/aromatic N) is 3. The number of pyridine rings is 1. The van der Waals surface area contributed by atoms with Crippen LogP contribution >= 0.6 is 0 Å². The normalized spacial score (nSPS) is 33.1. The van der Waals surface area contributed by atoms with Crippen LogP contribution in [0.5, 0.6) is 11.5 Å². The largest absolute Gasteiger partial charge is 0.497 e. The zero-order chi connectivity index (χ0) is 44.1. The van der Waals surface area contributed by atoms with Crippen molar-refractivity contribution in [1.82, 2.24) is 24.8 Å². The summed E-state index contributed by atoms with van der Waals surface area (Å²) in [5.41, 5.74) is -7.48. The van der Waals surface area contributed by atoms with Gasteiger partial charge in [-0.1, -0.05) is 31.9 Å². The van der Waals surface area contributed by atoms with E-state index in [1.54, 1.807) is 6.08 Å². The molecule has 4 heterocycles. The smallest absolute Gasteiger partial charge is 0.437 e. The highest BCUT2D eigenvalue weighted by Gasteiger charge is 2.67. The van der Waals surface area contributed by atoms with Gasteiger partial charge in [-0.2, -0.15) is 13.2 Å². The Hall–Kier alpha value is -4.65. The molecule has 0 radical (unpaired) electrons. The molecule has 6 aliphatic rings. The first kappa shape index (κ1) is 43.0. The van der Waals surface area contributed by atoms with Crippen LogP contribution in [0.2, 0.25) is 0 Å². The van der Waals surface area contributed by atoms with Gasteiger partial charge in [-0.3, -0.25) is 24.0 Å². The summed E-state index contributed by atoms with van der Waals surface area (Å²) in [7, 11) is -2.77. The number of aliphatic hydroxyl groups is 1. The van der Waals surface area contributed by atoms with Crippen molar-refractivity contribution in [2.24, 2.45) is 11.8 Å².